The molecule has 0 aromatic carbocycles. The van der Waals surface area contributed by atoms with Crippen molar-refractivity contribution in [3.8, 4) is 0 Å². The van der Waals surface area contributed by atoms with Gasteiger partial charge in [0.2, 0.25) is 0 Å². The molecule has 1 amide bonds. The SMILES string of the molecule is CCCCCCCC(=O)/C=C/[C@H]1[C@H]2OC(=O)[C@]1(O)C(=O)N[C@H]2C. The van der Waals surface area contributed by atoms with E-state index < -0.39 is 35.5 Å². The summed E-state index contributed by atoms with van der Waals surface area (Å²) in [6.45, 7) is 3.84. The molecule has 23 heavy (non-hydrogen) atoms. The van der Waals surface area contributed by atoms with E-state index in [1.165, 1.54) is 18.6 Å². The van der Waals surface area contributed by atoms with Gasteiger partial charge in [0.05, 0.1) is 12.0 Å². The summed E-state index contributed by atoms with van der Waals surface area (Å²) in [5, 5.41) is 12.9. The van der Waals surface area contributed by atoms with E-state index in [0.29, 0.717) is 6.42 Å². The van der Waals surface area contributed by atoms with Crippen LogP contribution in [0, 0.1) is 5.92 Å². The normalized spacial score (nSPS) is 32.9. The molecule has 0 aliphatic carbocycles. The summed E-state index contributed by atoms with van der Waals surface area (Å²) in [5.74, 6) is -2.57. The molecule has 6 nitrogen and oxygen atoms in total. The number of esters is 1. The standard InChI is InChI=1S/C17H25NO5/c1-3-4-5-6-7-8-12(19)9-10-13-14-11(2)18-15(20)17(13,22)16(21)23-14/h9-11,13-14,22H,3-8H2,1-2H3,(H,18,20)/b10-9+/t11-,13-,14-,17+/m0/s1. The highest BCUT2D eigenvalue weighted by atomic mass is 16.6. The van der Waals surface area contributed by atoms with E-state index in [4.69, 9.17) is 4.74 Å². The Bertz CT molecular complexity index is 515. The first-order valence-corrected chi connectivity index (χ1v) is 8.36. The number of hydrogen-bond donors (Lipinski definition) is 2. The lowest BCUT2D eigenvalue weighted by molar-refractivity contribution is -0.160. The predicted molar refractivity (Wildman–Crippen MR) is 83.4 cm³/mol. The fourth-order valence-electron chi connectivity index (χ4n) is 3.16. The fraction of sp³-hybridized carbons (Fsp3) is 0.706. The smallest absolute Gasteiger partial charge is 0.349 e. The quantitative estimate of drug-likeness (QED) is 0.304. The van der Waals surface area contributed by atoms with Gasteiger partial charge in [0, 0.05) is 6.42 Å². The Labute approximate surface area is 136 Å². The molecule has 128 valence electrons. The number of piperidine rings is 1. The van der Waals surface area contributed by atoms with Crippen LogP contribution in [0.1, 0.15) is 52.4 Å². The van der Waals surface area contributed by atoms with E-state index in [1.807, 2.05) is 0 Å². The van der Waals surface area contributed by atoms with Crippen LogP contribution in [0.2, 0.25) is 0 Å². The molecule has 2 N–H and O–H groups in total. The monoisotopic (exact) mass is 323 g/mol. The minimum absolute atomic E-state index is 0.0596. The molecule has 6 heteroatoms. The zero-order valence-electron chi connectivity index (χ0n) is 13.7. The van der Waals surface area contributed by atoms with Gasteiger partial charge in [0.1, 0.15) is 6.10 Å². The second-order valence-electron chi connectivity index (χ2n) is 6.41. The Balaban J connectivity index is 1.94. The van der Waals surface area contributed by atoms with E-state index >= 15 is 0 Å². The van der Waals surface area contributed by atoms with E-state index in [9.17, 15) is 19.5 Å². The molecule has 2 rings (SSSR count). The van der Waals surface area contributed by atoms with Crippen LogP contribution in [-0.2, 0) is 19.1 Å². The first-order valence-electron chi connectivity index (χ1n) is 8.36. The summed E-state index contributed by atoms with van der Waals surface area (Å²) >= 11 is 0. The molecule has 0 spiro atoms. The topological polar surface area (TPSA) is 92.7 Å². The van der Waals surface area contributed by atoms with Crippen molar-refractivity contribution in [1.82, 2.24) is 5.32 Å². The maximum atomic E-state index is 11.9. The number of unbranched alkanes of at least 4 members (excludes halogenated alkanes) is 4. The van der Waals surface area contributed by atoms with Gasteiger partial charge < -0.3 is 15.2 Å². The van der Waals surface area contributed by atoms with Crippen molar-refractivity contribution < 1.29 is 24.2 Å². The van der Waals surface area contributed by atoms with Gasteiger partial charge >= 0.3 is 5.97 Å². The van der Waals surface area contributed by atoms with Crippen LogP contribution >= 0.6 is 0 Å². The number of allylic oxidation sites excluding steroid dienone is 1. The van der Waals surface area contributed by atoms with Crippen LogP contribution in [-0.4, -0.2) is 40.5 Å². The van der Waals surface area contributed by atoms with E-state index in [1.54, 1.807) is 6.92 Å². The summed E-state index contributed by atoms with van der Waals surface area (Å²) in [6.07, 6.45) is 7.92. The van der Waals surface area contributed by atoms with E-state index in [0.717, 1.165) is 25.7 Å². The summed E-state index contributed by atoms with van der Waals surface area (Å²) in [7, 11) is 0. The number of nitrogens with one attached hydrogen (secondary N) is 1. The van der Waals surface area contributed by atoms with Crippen LogP contribution in [0.25, 0.3) is 0 Å². The zero-order chi connectivity index (χ0) is 17.0. The Hall–Kier alpha value is -1.69. The molecule has 2 bridgehead atoms. The molecular formula is C17H25NO5. The first kappa shape index (κ1) is 17.7. The van der Waals surface area contributed by atoms with Crippen LogP contribution in [0.15, 0.2) is 12.2 Å². The van der Waals surface area contributed by atoms with Crippen molar-refractivity contribution in [2.75, 3.05) is 0 Å². The Morgan fingerprint density at radius 1 is 1.30 bits per heavy atom. The van der Waals surface area contributed by atoms with Crippen molar-refractivity contribution in [3.63, 3.8) is 0 Å². The highest BCUT2D eigenvalue weighted by Crippen LogP contribution is 2.38. The van der Waals surface area contributed by atoms with Gasteiger partial charge in [-0.05, 0) is 19.4 Å². The molecule has 0 radical (unpaired) electrons. The second-order valence-corrected chi connectivity index (χ2v) is 6.41. The number of rotatable bonds is 8. The van der Waals surface area contributed by atoms with Gasteiger partial charge in [-0.2, -0.15) is 0 Å². The minimum Gasteiger partial charge on any atom is -0.457 e. The molecule has 2 heterocycles. The summed E-state index contributed by atoms with van der Waals surface area (Å²) in [6, 6.07) is -0.395. The van der Waals surface area contributed by atoms with Gasteiger partial charge in [0.15, 0.2) is 5.78 Å². The van der Waals surface area contributed by atoms with E-state index in [-0.39, 0.29) is 5.78 Å². The number of amides is 1. The average molecular weight is 323 g/mol. The fourth-order valence-corrected chi connectivity index (χ4v) is 3.16. The van der Waals surface area contributed by atoms with Gasteiger partial charge in [-0.3, -0.25) is 9.59 Å². The molecule has 2 aliphatic rings. The lowest BCUT2D eigenvalue weighted by Crippen LogP contribution is -2.62. The maximum Gasteiger partial charge on any atom is 0.349 e. The van der Waals surface area contributed by atoms with Crippen molar-refractivity contribution in [3.05, 3.63) is 12.2 Å². The summed E-state index contributed by atoms with van der Waals surface area (Å²) in [5.41, 5.74) is -2.21. The van der Waals surface area contributed by atoms with Gasteiger partial charge in [-0.15, -0.1) is 0 Å². The molecule has 0 aromatic heterocycles. The van der Waals surface area contributed by atoms with Crippen molar-refractivity contribution >= 4 is 17.7 Å². The maximum absolute atomic E-state index is 11.9. The molecule has 2 aliphatic heterocycles. The molecule has 2 fully saturated rings. The van der Waals surface area contributed by atoms with Gasteiger partial charge in [-0.25, -0.2) is 4.79 Å². The third-order valence-electron chi connectivity index (χ3n) is 4.60. The third kappa shape index (κ3) is 3.47. The lowest BCUT2D eigenvalue weighted by Gasteiger charge is -2.33. The second kappa shape index (κ2) is 7.25. The third-order valence-corrected chi connectivity index (χ3v) is 4.60. The Morgan fingerprint density at radius 2 is 2.00 bits per heavy atom. The van der Waals surface area contributed by atoms with Gasteiger partial charge in [-0.1, -0.05) is 38.7 Å². The number of hydrogen-bond acceptors (Lipinski definition) is 5. The number of carbonyl (C=O) groups is 3. The number of ketones is 1. The minimum atomic E-state index is -2.21. The number of aliphatic hydroxyl groups is 1. The Morgan fingerprint density at radius 3 is 2.70 bits per heavy atom. The summed E-state index contributed by atoms with van der Waals surface area (Å²) < 4.78 is 5.11. The highest BCUT2D eigenvalue weighted by Gasteiger charge is 2.65. The van der Waals surface area contributed by atoms with Crippen LogP contribution in [0.3, 0.4) is 0 Å². The van der Waals surface area contributed by atoms with Crippen LogP contribution in [0.4, 0.5) is 0 Å². The van der Waals surface area contributed by atoms with Crippen molar-refractivity contribution in [2.45, 2.75) is 70.1 Å². The van der Waals surface area contributed by atoms with Crippen LogP contribution < -0.4 is 5.32 Å². The highest BCUT2D eigenvalue weighted by molar-refractivity contribution is 6.09. The predicted octanol–water partition coefficient (Wildman–Crippen LogP) is 1.26. The number of fused-ring (bicyclic) bond motifs is 2. The molecule has 0 aromatic rings. The lowest BCUT2D eigenvalue weighted by atomic mass is 9.79. The van der Waals surface area contributed by atoms with Gasteiger partial charge in [0.25, 0.3) is 11.5 Å². The molecular weight excluding hydrogens is 298 g/mol. The zero-order valence-corrected chi connectivity index (χ0v) is 13.7. The van der Waals surface area contributed by atoms with Crippen LogP contribution in [0.5, 0.6) is 0 Å². The summed E-state index contributed by atoms with van der Waals surface area (Å²) in [4.78, 5) is 35.7. The molecule has 2 saturated heterocycles. The number of carbonyl (C=O) groups excluding carboxylic acids is 3. The molecule has 0 saturated carbocycles. The molecule has 0 unspecified atom stereocenters. The largest absolute Gasteiger partial charge is 0.457 e. The molecule has 4 atom stereocenters. The average Bonchev–Trinajstić information content (AvgIpc) is 2.73. The Kier molecular flexibility index (Phi) is 5.57. The van der Waals surface area contributed by atoms with E-state index in [2.05, 4.69) is 12.2 Å². The number of ether oxygens (including phenoxy) is 1. The first-order chi connectivity index (χ1) is 10.9. The van der Waals surface area contributed by atoms with Crippen molar-refractivity contribution in [2.24, 2.45) is 5.92 Å². The van der Waals surface area contributed by atoms with Crippen molar-refractivity contribution in [1.29, 1.82) is 0 Å².